The maximum absolute atomic E-state index is 11.6. The van der Waals surface area contributed by atoms with Crippen molar-refractivity contribution in [3.05, 3.63) is 69.3 Å². The summed E-state index contributed by atoms with van der Waals surface area (Å²) in [4.78, 5) is 16.1. The van der Waals surface area contributed by atoms with E-state index in [-0.39, 0.29) is 0 Å². The monoisotopic (exact) mass is 359 g/mol. The van der Waals surface area contributed by atoms with E-state index in [1.807, 2.05) is 31.2 Å². The lowest BCUT2D eigenvalue weighted by atomic mass is 10.1. The van der Waals surface area contributed by atoms with Crippen molar-refractivity contribution in [3.63, 3.8) is 0 Å². The first-order valence-electron chi connectivity index (χ1n) is 7.33. The quantitative estimate of drug-likeness (QED) is 0.717. The Morgan fingerprint density at radius 1 is 1.17 bits per heavy atom. The molecule has 3 N–H and O–H groups in total. The first kappa shape index (κ1) is 16.6. The number of anilines is 1. The van der Waals surface area contributed by atoms with E-state index in [4.69, 9.17) is 28.9 Å². The van der Waals surface area contributed by atoms with Crippen molar-refractivity contribution in [3.8, 4) is 0 Å². The van der Waals surface area contributed by atoms with Crippen LogP contribution < -0.4 is 11.1 Å². The number of rotatable bonds is 4. The summed E-state index contributed by atoms with van der Waals surface area (Å²) >= 11 is 12.1. The molecule has 0 fully saturated rings. The SMILES string of the molecule is Cc1cc(NCc2cc(Cl)cc(Cl)c2)c2cccc(C(N)=O)c2n1. The molecular weight excluding hydrogens is 345 g/mol. The Hall–Kier alpha value is -2.30. The number of nitrogens with two attached hydrogens (primary N) is 1. The van der Waals surface area contributed by atoms with Crippen molar-refractivity contribution >= 4 is 45.7 Å². The fourth-order valence-electron chi connectivity index (χ4n) is 2.63. The van der Waals surface area contributed by atoms with Gasteiger partial charge in [0.1, 0.15) is 0 Å². The largest absolute Gasteiger partial charge is 0.380 e. The minimum atomic E-state index is -0.494. The van der Waals surface area contributed by atoms with Crippen LogP contribution in [0.15, 0.2) is 42.5 Å². The molecule has 0 atom stereocenters. The molecule has 2 aromatic carbocycles. The number of primary amides is 1. The van der Waals surface area contributed by atoms with E-state index in [1.165, 1.54) is 0 Å². The lowest BCUT2D eigenvalue weighted by Crippen LogP contribution is -2.12. The van der Waals surface area contributed by atoms with Gasteiger partial charge in [0.05, 0.1) is 11.1 Å². The number of carbonyl (C=O) groups excluding carboxylic acids is 1. The molecule has 0 spiro atoms. The van der Waals surface area contributed by atoms with Gasteiger partial charge in [-0.05, 0) is 42.8 Å². The van der Waals surface area contributed by atoms with Gasteiger partial charge in [0.15, 0.2) is 0 Å². The van der Waals surface area contributed by atoms with Crippen molar-refractivity contribution in [2.75, 3.05) is 5.32 Å². The third kappa shape index (κ3) is 3.45. The summed E-state index contributed by atoms with van der Waals surface area (Å²) in [5.74, 6) is -0.494. The molecule has 24 heavy (non-hydrogen) atoms. The van der Waals surface area contributed by atoms with Gasteiger partial charge in [-0.15, -0.1) is 0 Å². The van der Waals surface area contributed by atoms with E-state index in [2.05, 4.69) is 10.3 Å². The maximum atomic E-state index is 11.6. The number of pyridine rings is 1. The van der Waals surface area contributed by atoms with Gasteiger partial charge in [0.25, 0.3) is 5.91 Å². The zero-order chi connectivity index (χ0) is 17.3. The Balaban J connectivity index is 2.00. The summed E-state index contributed by atoms with van der Waals surface area (Å²) in [5, 5.41) is 5.37. The zero-order valence-electron chi connectivity index (χ0n) is 12.9. The number of amides is 1. The van der Waals surface area contributed by atoms with Crippen molar-refractivity contribution in [1.29, 1.82) is 0 Å². The van der Waals surface area contributed by atoms with Crippen molar-refractivity contribution in [1.82, 2.24) is 4.98 Å². The molecule has 0 bridgehead atoms. The molecule has 3 rings (SSSR count). The Morgan fingerprint density at radius 2 is 1.88 bits per heavy atom. The molecule has 4 nitrogen and oxygen atoms in total. The second kappa shape index (κ2) is 6.67. The molecule has 3 aromatic rings. The Bertz CT molecular complexity index is 921. The summed E-state index contributed by atoms with van der Waals surface area (Å²) in [6, 6.07) is 12.7. The second-order valence-electron chi connectivity index (χ2n) is 5.51. The van der Waals surface area contributed by atoms with E-state index in [0.717, 1.165) is 22.3 Å². The Kier molecular flexibility index (Phi) is 4.60. The number of carbonyl (C=O) groups is 1. The number of hydrogen-bond acceptors (Lipinski definition) is 3. The van der Waals surface area contributed by atoms with E-state index in [0.29, 0.717) is 27.7 Å². The van der Waals surface area contributed by atoms with Gasteiger partial charge in [0, 0.05) is 33.4 Å². The number of benzene rings is 2. The topological polar surface area (TPSA) is 68.0 Å². The standard InChI is InChI=1S/C18H15Cl2N3O/c1-10-5-16(22-9-11-6-12(19)8-13(20)7-11)14-3-2-4-15(18(21)24)17(14)23-10/h2-8H,9H2,1H3,(H2,21,24)(H,22,23). The molecule has 1 heterocycles. The molecular formula is C18H15Cl2N3O. The highest BCUT2D eigenvalue weighted by Crippen LogP contribution is 2.27. The van der Waals surface area contributed by atoms with Gasteiger partial charge < -0.3 is 11.1 Å². The third-order valence-corrected chi connectivity index (χ3v) is 4.07. The van der Waals surface area contributed by atoms with E-state index >= 15 is 0 Å². The van der Waals surface area contributed by atoms with Crippen LogP contribution in [0.5, 0.6) is 0 Å². The van der Waals surface area contributed by atoms with Crippen LogP contribution in [-0.4, -0.2) is 10.9 Å². The van der Waals surface area contributed by atoms with Crippen LogP contribution in [0.1, 0.15) is 21.6 Å². The molecule has 122 valence electrons. The van der Waals surface area contributed by atoms with Gasteiger partial charge in [-0.25, -0.2) is 0 Å². The number of fused-ring (bicyclic) bond motifs is 1. The van der Waals surface area contributed by atoms with E-state index in [1.54, 1.807) is 18.2 Å². The first-order chi connectivity index (χ1) is 11.4. The highest BCUT2D eigenvalue weighted by Gasteiger charge is 2.11. The van der Waals surface area contributed by atoms with Crippen LogP contribution in [-0.2, 0) is 6.54 Å². The average molecular weight is 360 g/mol. The molecule has 0 aliphatic carbocycles. The Labute approximate surface area is 149 Å². The molecule has 0 aliphatic heterocycles. The van der Waals surface area contributed by atoms with Crippen LogP contribution in [0.25, 0.3) is 10.9 Å². The number of nitrogens with one attached hydrogen (secondary N) is 1. The van der Waals surface area contributed by atoms with Crippen LogP contribution in [0.2, 0.25) is 10.0 Å². The maximum Gasteiger partial charge on any atom is 0.250 e. The van der Waals surface area contributed by atoms with Crippen LogP contribution in [0.4, 0.5) is 5.69 Å². The molecule has 0 radical (unpaired) electrons. The predicted molar refractivity (Wildman–Crippen MR) is 98.8 cm³/mol. The van der Waals surface area contributed by atoms with E-state index < -0.39 is 5.91 Å². The number of halogens is 2. The zero-order valence-corrected chi connectivity index (χ0v) is 14.4. The van der Waals surface area contributed by atoms with Gasteiger partial charge in [-0.1, -0.05) is 35.3 Å². The average Bonchev–Trinajstić information content (AvgIpc) is 2.50. The lowest BCUT2D eigenvalue weighted by molar-refractivity contribution is 0.100. The minimum absolute atomic E-state index is 0.407. The fraction of sp³-hybridized carbons (Fsp3) is 0.111. The summed E-state index contributed by atoms with van der Waals surface area (Å²) < 4.78 is 0. The third-order valence-electron chi connectivity index (χ3n) is 3.64. The number of para-hydroxylation sites is 1. The molecule has 1 aromatic heterocycles. The van der Waals surface area contributed by atoms with Gasteiger partial charge in [-0.3, -0.25) is 9.78 Å². The van der Waals surface area contributed by atoms with E-state index in [9.17, 15) is 4.79 Å². The summed E-state index contributed by atoms with van der Waals surface area (Å²) in [6.07, 6.45) is 0. The Morgan fingerprint density at radius 3 is 2.54 bits per heavy atom. The highest BCUT2D eigenvalue weighted by molar-refractivity contribution is 6.34. The molecule has 0 saturated heterocycles. The lowest BCUT2D eigenvalue weighted by Gasteiger charge is -2.13. The number of aromatic nitrogens is 1. The van der Waals surface area contributed by atoms with Gasteiger partial charge in [-0.2, -0.15) is 0 Å². The van der Waals surface area contributed by atoms with Crippen LogP contribution in [0.3, 0.4) is 0 Å². The van der Waals surface area contributed by atoms with Gasteiger partial charge >= 0.3 is 0 Å². The number of aryl methyl sites for hydroxylation is 1. The molecule has 0 aliphatic rings. The second-order valence-corrected chi connectivity index (χ2v) is 6.38. The van der Waals surface area contributed by atoms with Crippen molar-refractivity contribution in [2.24, 2.45) is 5.73 Å². The summed E-state index contributed by atoms with van der Waals surface area (Å²) in [6.45, 7) is 2.41. The minimum Gasteiger partial charge on any atom is -0.380 e. The summed E-state index contributed by atoms with van der Waals surface area (Å²) in [7, 11) is 0. The normalized spacial score (nSPS) is 10.8. The summed E-state index contributed by atoms with van der Waals surface area (Å²) in [5.41, 5.74) is 9.08. The predicted octanol–water partition coefficient (Wildman–Crippen LogP) is 4.56. The molecule has 6 heteroatoms. The van der Waals surface area contributed by atoms with Crippen LogP contribution in [0, 0.1) is 6.92 Å². The highest BCUT2D eigenvalue weighted by atomic mass is 35.5. The first-order valence-corrected chi connectivity index (χ1v) is 8.08. The van der Waals surface area contributed by atoms with Crippen molar-refractivity contribution in [2.45, 2.75) is 13.5 Å². The van der Waals surface area contributed by atoms with Crippen molar-refractivity contribution < 1.29 is 4.79 Å². The molecule has 0 saturated carbocycles. The number of hydrogen-bond donors (Lipinski definition) is 2. The van der Waals surface area contributed by atoms with Gasteiger partial charge in [0.2, 0.25) is 0 Å². The van der Waals surface area contributed by atoms with Crippen LogP contribution >= 0.6 is 23.2 Å². The number of nitrogens with zero attached hydrogens (tertiary/aromatic N) is 1. The molecule has 0 unspecified atom stereocenters. The molecule has 1 amide bonds. The fourth-order valence-corrected chi connectivity index (χ4v) is 3.20. The smallest absolute Gasteiger partial charge is 0.250 e.